The predicted molar refractivity (Wildman–Crippen MR) is 77.9 cm³/mol. The first-order valence-electron chi connectivity index (χ1n) is 6.34. The van der Waals surface area contributed by atoms with Crippen molar-refractivity contribution in [3.63, 3.8) is 0 Å². The molecule has 0 saturated carbocycles. The van der Waals surface area contributed by atoms with Crippen molar-refractivity contribution in [2.75, 3.05) is 5.88 Å². The zero-order chi connectivity index (χ0) is 13.0. The summed E-state index contributed by atoms with van der Waals surface area (Å²) < 4.78 is 0. The molecule has 1 aromatic carbocycles. The molecule has 0 amide bonds. The minimum absolute atomic E-state index is 0.333. The average Bonchev–Trinajstić information content (AvgIpc) is 2.39. The molecule has 0 aliphatic heterocycles. The molecule has 96 valence electrons. The number of halogens is 1. The number of hydrogen-bond acceptors (Lipinski definition) is 2. The summed E-state index contributed by atoms with van der Waals surface area (Å²) in [5.74, 6) is 1.16. The lowest BCUT2D eigenvalue weighted by atomic mass is 10.1. The number of hydrogen-bond donors (Lipinski definition) is 1. The van der Waals surface area contributed by atoms with Crippen LogP contribution in [0.5, 0.6) is 0 Å². The third-order valence-corrected chi connectivity index (χ3v) is 3.50. The van der Waals surface area contributed by atoms with Gasteiger partial charge in [0.25, 0.3) is 0 Å². The summed E-state index contributed by atoms with van der Waals surface area (Å²) in [4.78, 5) is 4.64. The molecule has 2 rings (SSSR count). The lowest BCUT2D eigenvalue weighted by Crippen LogP contribution is -2.35. The lowest BCUT2D eigenvalue weighted by Gasteiger charge is -2.19. The first-order valence-corrected chi connectivity index (χ1v) is 6.88. The van der Waals surface area contributed by atoms with Gasteiger partial charge >= 0.3 is 0 Å². The molecule has 0 aliphatic rings. The van der Waals surface area contributed by atoms with Crippen molar-refractivity contribution < 1.29 is 0 Å². The van der Waals surface area contributed by atoms with Gasteiger partial charge in [0.2, 0.25) is 0 Å². The zero-order valence-corrected chi connectivity index (χ0v) is 11.6. The maximum absolute atomic E-state index is 5.94. The molecule has 3 heteroatoms. The van der Waals surface area contributed by atoms with E-state index in [1.54, 1.807) is 0 Å². The van der Waals surface area contributed by atoms with Crippen LogP contribution in [0.15, 0.2) is 36.4 Å². The van der Waals surface area contributed by atoms with Gasteiger partial charge in [-0.25, -0.2) is 0 Å². The normalized spacial score (nSPS) is 13.1. The van der Waals surface area contributed by atoms with Crippen LogP contribution in [-0.4, -0.2) is 16.9 Å². The lowest BCUT2D eigenvalue weighted by molar-refractivity contribution is 0.428. The molecule has 0 fully saturated rings. The van der Waals surface area contributed by atoms with Gasteiger partial charge in [0.05, 0.1) is 11.2 Å². The van der Waals surface area contributed by atoms with Gasteiger partial charge in [-0.1, -0.05) is 38.1 Å². The Hall–Kier alpha value is -1.12. The van der Waals surface area contributed by atoms with Crippen molar-refractivity contribution in [3.05, 3.63) is 42.1 Å². The standard InChI is InChI=1S/C15H19ClN2/c1-11(2)15(9-16)17-10-13-8-7-12-5-3-4-6-14(12)18-13/h3-8,11,15,17H,9-10H2,1-2H3. The second-order valence-corrected chi connectivity index (χ2v) is 5.19. The highest BCUT2D eigenvalue weighted by Crippen LogP contribution is 2.12. The van der Waals surface area contributed by atoms with E-state index in [9.17, 15) is 0 Å². The van der Waals surface area contributed by atoms with E-state index in [1.807, 2.05) is 18.2 Å². The molecule has 2 nitrogen and oxygen atoms in total. The smallest absolute Gasteiger partial charge is 0.0705 e. The number of nitrogens with one attached hydrogen (secondary N) is 1. The summed E-state index contributed by atoms with van der Waals surface area (Å²) in [6.07, 6.45) is 0. The molecule has 1 atom stereocenters. The number of para-hydroxylation sites is 1. The van der Waals surface area contributed by atoms with Crippen molar-refractivity contribution in [1.82, 2.24) is 10.3 Å². The number of pyridine rings is 1. The average molecular weight is 263 g/mol. The first kappa shape index (κ1) is 13.3. The number of nitrogens with zero attached hydrogens (tertiary/aromatic N) is 1. The largest absolute Gasteiger partial charge is 0.307 e. The molecule has 0 saturated heterocycles. The summed E-state index contributed by atoms with van der Waals surface area (Å²) in [5, 5.41) is 4.64. The van der Waals surface area contributed by atoms with Gasteiger partial charge in [0.1, 0.15) is 0 Å². The molecular weight excluding hydrogens is 244 g/mol. The first-order chi connectivity index (χ1) is 8.70. The van der Waals surface area contributed by atoms with Crippen LogP contribution in [0, 0.1) is 5.92 Å². The van der Waals surface area contributed by atoms with E-state index >= 15 is 0 Å². The Morgan fingerprint density at radius 1 is 1.17 bits per heavy atom. The maximum atomic E-state index is 5.94. The summed E-state index contributed by atoms with van der Waals surface area (Å²) in [5.41, 5.74) is 2.10. The van der Waals surface area contributed by atoms with Gasteiger partial charge in [-0.15, -0.1) is 11.6 Å². The Morgan fingerprint density at radius 3 is 2.67 bits per heavy atom. The van der Waals surface area contributed by atoms with Crippen molar-refractivity contribution in [2.24, 2.45) is 5.92 Å². The summed E-state index contributed by atoms with van der Waals surface area (Å²) in [7, 11) is 0. The molecule has 0 radical (unpaired) electrons. The minimum atomic E-state index is 0.333. The quantitative estimate of drug-likeness (QED) is 0.833. The fraction of sp³-hybridized carbons (Fsp3) is 0.400. The van der Waals surface area contributed by atoms with Gasteiger partial charge in [-0.2, -0.15) is 0 Å². The van der Waals surface area contributed by atoms with Crippen LogP contribution in [-0.2, 0) is 6.54 Å². The molecular formula is C15H19ClN2. The summed E-state index contributed by atoms with van der Waals surface area (Å²) >= 11 is 5.94. The molecule has 1 heterocycles. The Balaban J connectivity index is 2.07. The zero-order valence-electron chi connectivity index (χ0n) is 10.9. The fourth-order valence-electron chi connectivity index (χ4n) is 1.91. The molecule has 0 bridgehead atoms. The third-order valence-electron chi connectivity index (χ3n) is 3.17. The molecule has 1 unspecified atom stereocenters. The van der Waals surface area contributed by atoms with E-state index in [0.29, 0.717) is 17.8 Å². The summed E-state index contributed by atoms with van der Waals surface area (Å²) in [6.45, 7) is 5.11. The van der Waals surface area contributed by atoms with Gasteiger partial charge in [-0.05, 0) is 18.1 Å². The molecule has 1 N–H and O–H groups in total. The highest BCUT2D eigenvalue weighted by atomic mass is 35.5. The monoisotopic (exact) mass is 262 g/mol. The predicted octanol–water partition coefficient (Wildman–Crippen LogP) is 3.59. The number of alkyl halides is 1. The topological polar surface area (TPSA) is 24.9 Å². The number of fused-ring (bicyclic) bond motifs is 1. The van der Waals surface area contributed by atoms with Gasteiger partial charge in [-0.3, -0.25) is 4.98 Å². The van der Waals surface area contributed by atoms with Crippen molar-refractivity contribution in [1.29, 1.82) is 0 Å². The van der Waals surface area contributed by atoms with Crippen LogP contribution in [0.3, 0.4) is 0 Å². The molecule has 0 aliphatic carbocycles. The van der Waals surface area contributed by atoms with Gasteiger partial charge in [0.15, 0.2) is 0 Å². The summed E-state index contributed by atoms with van der Waals surface area (Å²) in [6, 6.07) is 12.7. The van der Waals surface area contributed by atoms with Crippen molar-refractivity contribution >= 4 is 22.5 Å². The van der Waals surface area contributed by atoms with Crippen molar-refractivity contribution in [2.45, 2.75) is 26.4 Å². The Morgan fingerprint density at radius 2 is 1.94 bits per heavy atom. The van der Waals surface area contributed by atoms with Crippen LogP contribution < -0.4 is 5.32 Å². The third kappa shape index (κ3) is 3.21. The van der Waals surface area contributed by atoms with Gasteiger partial charge < -0.3 is 5.32 Å². The molecule has 2 aromatic rings. The highest BCUT2D eigenvalue weighted by Gasteiger charge is 2.11. The molecule has 1 aromatic heterocycles. The number of aromatic nitrogens is 1. The maximum Gasteiger partial charge on any atom is 0.0705 e. The van der Waals surface area contributed by atoms with Gasteiger partial charge in [0, 0.05) is 23.9 Å². The Bertz CT molecular complexity index is 511. The van der Waals surface area contributed by atoms with Crippen LogP contribution in [0.2, 0.25) is 0 Å². The fourth-order valence-corrected chi connectivity index (χ4v) is 2.38. The van der Waals surface area contributed by atoms with Crippen molar-refractivity contribution in [3.8, 4) is 0 Å². The van der Waals surface area contributed by atoms with E-state index in [0.717, 1.165) is 17.8 Å². The van der Waals surface area contributed by atoms with E-state index in [2.05, 4.69) is 42.3 Å². The van der Waals surface area contributed by atoms with E-state index in [1.165, 1.54) is 5.39 Å². The Labute approximate surface area is 113 Å². The second-order valence-electron chi connectivity index (χ2n) is 4.88. The minimum Gasteiger partial charge on any atom is -0.307 e. The SMILES string of the molecule is CC(C)C(CCl)NCc1ccc2ccccc2n1. The van der Waals surface area contributed by atoms with Crippen LogP contribution in [0.25, 0.3) is 10.9 Å². The molecule has 18 heavy (non-hydrogen) atoms. The number of benzene rings is 1. The highest BCUT2D eigenvalue weighted by molar-refractivity contribution is 6.18. The van der Waals surface area contributed by atoms with Crippen LogP contribution in [0.1, 0.15) is 19.5 Å². The van der Waals surface area contributed by atoms with Crippen LogP contribution >= 0.6 is 11.6 Å². The second kappa shape index (κ2) is 6.17. The van der Waals surface area contributed by atoms with Crippen LogP contribution in [0.4, 0.5) is 0 Å². The Kier molecular flexibility index (Phi) is 4.56. The molecule has 0 spiro atoms. The number of rotatable bonds is 5. The van der Waals surface area contributed by atoms with E-state index in [4.69, 9.17) is 11.6 Å². The van der Waals surface area contributed by atoms with E-state index < -0.39 is 0 Å². The van der Waals surface area contributed by atoms with E-state index in [-0.39, 0.29) is 0 Å².